The molecule has 1 unspecified atom stereocenters. The minimum atomic E-state index is -3.24. The van der Waals surface area contributed by atoms with Gasteiger partial charge in [-0.15, -0.1) is 0 Å². The van der Waals surface area contributed by atoms with Gasteiger partial charge in [-0.1, -0.05) is 0 Å². The highest BCUT2D eigenvalue weighted by Gasteiger charge is 2.36. The summed E-state index contributed by atoms with van der Waals surface area (Å²) in [6.07, 6.45) is -1.35. The van der Waals surface area contributed by atoms with Crippen LogP contribution >= 0.6 is 0 Å². The number of nitrogens with two attached hydrogens (primary N) is 1. The summed E-state index contributed by atoms with van der Waals surface area (Å²) in [5.41, 5.74) is 2.84. The van der Waals surface area contributed by atoms with Crippen molar-refractivity contribution < 1.29 is 17.9 Å². The zero-order valence-electron chi connectivity index (χ0n) is 14.6. The number of nitrogens with zero attached hydrogens (tertiary/aromatic N) is 2. The maximum atomic E-state index is 15.2. The number of ether oxygens (including phenoxy) is 1. The first kappa shape index (κ1) is 17.9. The molecule has 0 amide bonds. The predicted octanol–water partition coefficient (Wildman–Crippen LogP) is 1.65. The minimum Gasteiger partial charge on any atom is -0.492 e. The SMILES string of the molecule is COc1c(N2CCC(N)C2)c(F)c(C(F)F)c2c(=O)[nH]c(=O)n(C3CC3)c12. The van der Waals surface area contributed by atoms with Crippen LogP contribution in [0.3, 0.4) is 0 Å². The van der Waals surface area contributed by atoms with E-state index in [0.717, 1.165) is 0 Å². The Hall–Kier alpha value is -2.49. The Balaban J connectivity index is 2.18. The van der Waals surface area contributed by atoms with Gasteiger partial charge in [0.25, 0.3) is 12.0 Å². The maximum absolute atomic E-state index is 15.2. The van der Waals surface area contributed by atoms with E-state index in [1.807, 2.05) is 4.98 Å². The Labute approximate surface area is 151 Å². The second-order valence-electron chi connectivity index (χ2n) is 6.99. The fourth-order valence-electron chi connectivity index (χ4n) is 3.82. The Kier molecular flexibility index (Phi) is 4.17. The number of aromatic nitrogens is 2. The fourth-order valence-corrected chi connectivity index (χ4v) is 3.82. The van der Waals surface area contributed by atoms with Crippen molar-refractivity contribution in [1.82, 2.24) is 9.55 Å². The number of hydrogen-bond acceptors (Lipinski definition) is 5. The van der Waals surface area contributed by atoms with Gasteiger partial charge in [0.15, 0.2) is 11.6 Å². The number of hydrogen-bond donors (Lipinski definition) is 2. The second kappa shape index (κ2) is 6.29. The predicted molar refractivity (Wildman–Crippen MR) is 93.4 cm³/mol. The van der Waals surface area contributed by atoms with Crippen molar-refractivity contribution in [2.75, 3.05) is 25.1 Å². The lowest BCUT2D eigenvalue weighted by molar-refractivity contribution is 0.148. The lowest BCUT2D eigenvalue weighted by Crippen LogP contribution is -2.32. The monoisotopic (exact) mass is 384 g/mol. The molecule has 0 bridgehead atoms. The molecule has 2 heterocycles. The van der Waals surface area contributed by atoms with Crippen LogP contribution < -0.4 is 26.6 Å². The van der Waals surface area contributed by atoms with Crippen LogP contribution in [-0.4, -0.2) is 35.8 Å². The Morgan fingerprint density at radius 3 is 2.48 bits per heavy atom. The van der Waals surface area contributed by atoms with E-state index in [1.165, 1.54) is 16.6 Å². The first-order valence-corrected chi connectivity index (χ1v) is 8.71. The summed E-state index contributed by atoms with van der Waals surface area (Å²) < 4.78 is 49.4. The van der Waals surface area contributed by atoms with Crippen molar-refractivity contribution in [3.8, 4) is 5.75 Å². The first-order chi connectivity index (χ1) is 12.8. The summed E-state index contributed by atoms with van der Waals surface area (Å²) in [6.45, 7) is 0.623. The van der Waals surface area contributed by atoms with Gasteiger partial charge >= 0.3 is 5.69 Å². The van der Waals surface area contributed by atoms with E-state index < -0.39 is 34.4 Å². The standard InChI is InChI=1S/C17H19F3N4O3/c1-27-14-12-10(16(25)22-17(26)24(12)8-2-3-8)9(15(19)20)11(18)13(14)23-5-4-7(21)6-23/h7-8,15H,2-6,21H2,1H3,(H,22,25,26). The number of methoxy groups -OCH3 is 1. The fraction of sp³-hybridized carbons (Fsp3) is 0.529. The van der Waals surface area contributed by atoms with Gasteiger partial charge in [0, 0.05) is 25.2 Å². The minimum absolute atomic E-state index is 0.0825. The van der Waals surface area contributed by atoms with E-state index in [0.29, 0.717) is 25.8 Å². The molecule has 2 aliphatic rings. The Bertz CT molecular complexity index is 1030. The number of benzene rings is 1. The van der Waals surface area contributed by atoms with Crippen LogP contribution in [-0.2, 0) is 0 Å². The van der Waals surface area contributed by atoms with Gasteiger partial charge in [0.2, 0.25) is 0 Å². The van der Waals surface area contributed by atoms with Gasteiger partial charge in [0.1, 0.15) is 11.2 Å². The molecule has 1 saturated heterocycles. The molecule has 3 N–H and O–H groups in total. The molecule has 2 aromatic rings. The zero-order valence-corrected chi connectivity index (χ0v) is 14.6. The molecule has 1 atom stereocenters. The zero-order chi connectivity index (χ0) is 19.5. The van der Waals surface area contributed by atoms with E-state index in [2.05, 4.69) is 0 Å². The molecule has 1 aromatic heterocycles. The molecule has 7 nitrogen and oxygen atoms in total. The van der Waals surface area contributed by atoms with E-state index >= 15 is 4.39 Å². The third kappa shape index (κ3) is 2.70. The number of halogens is 3. The lowest BCUT2D eigenvalue weighted by Gasteiger charge is -2.25. The average Bonchev–Trinajstić information content (AvgIpc) is 3.34. The van der Waals surface area contributed by atoms with Gasteiger partial charge in [-0.3, -0.25) is 14.3 Å². The van der Waals surface area contributed by atoms with Crippen molar-refractivity contribution >= 4 is 16.6 Å². The number of nitrogens with one attached hydrogen (secondary N) is 1. The molecular formula is C17H19F3N4O3. The number of rotatable bonds is 4. The summed E-state index contributed by atoms with van der Waals surface area (Å²) >= 11 is 0. The van der Waals surface area contributed by atoms with Crippen LogP contribution in [0.5, 0.6) is 5.75 Å². The lowest BCUT2D eigenvalue weighted by atomic mass is 10.0. The topological polar surface area (TPSA) is 93.3 Å². The molecule has 146 valence electrons. The van der Waals surface area contributed by atoms with Crippen molar-refractivity contribution in [2.45, 2.75) is 37.8 Å². The van der Waals surface area contributed by atoms with Crippen LogP contribution in [0.4, 0.5) is 18.9 Å². The first-order valence-electron chi connectivity index (χ1n) is 8.71. The van der Waals surface area contributed by atoms with E-state index in [4.69, 9.17) is 10.5 Å². The van der Waals surface area contributed by atoms with Gasteiger partial charge in [-0.25, -0.2) is 18.0 Å². The van der Waals surface area contributed by atoms with Crippen LogP contribution in [0.2, 0.25) is 0 Å². The van der Waals surface area contributed by atoms with Crippen LogP contribution in [0.15, 0.2) is 9.59 Å². The van der Waals surface area contributed by atoms with Gasteiger partial charge in [-0.2, -0.15) is 0 Å². The third-order valence-corrected chi connectivity index (χ3v) is 5.16. The third-order valence-electron chi connectivity index (χ3n) is 5.16. The average molecular weight is 384 g/mol. The molecule has 0 spiro atoms. The molecule has 1 aromatic carbocycles. The highest BCUT2D eigenvalue weighted by Crippen LogP contribution is 2.46. The van der Waals surface area contributed by atoms with E-state index in [-0.39, 0.29) is 35.6 Å². The van der Waals surface area contributed by atoms with Crippen molar-refractivity contribution in [1.29, 1.82) is 0 Å². The van der Waals surface area contributed by atoms with Crippen molar-refractivity contribution in [2.24, 2.45) is 5.73 Å². The molecule has 1 aliphatic carbocycles. The Morgan fingerprint density at radius 1 is 1.26 bits per heavy atom. The molecular weight excluding hydrogens is 365 g/mol. The highest BCUT2D eigenvalue weighted by atomic mass is 19.3. The largest absolute Gasteiger partial charge is 0.492 e. The van der Waals surface area contributed by atoms with Crippen LogP contribution in [0.25, 0.3) is 10.9 Å². The molecule has 4 rings (SSSR count). The van der Waals surface area contributed by atoms with Gasteiger partial charge in [0.05, 0.1) is 18.1 Å². The Morgan fingerprint density at radius 2 is 1.96 bits per heavy atom. The smallest absolute Gasteiger partial charge is 0.329 e. The summed E-state index contributed by atoms with van der Waals surface area (Å²) in [4.78, 5) is 28.3. The molecule has 27 heavy (non-hydrogen) atoms. The summed E-state index contributed by atoms with van der Waals surface area (Å²) in [6, 6.07) is -0.472. The van der Waals surface area contributed by atoms with E-state index in [9.17, 15) is 18.4 Å². The van der Waals surface area contributed by atoms with Gasteiger partial charge < -0.3 is 15.4 Å². The van der Waals surface area contributed by atoms with E-state index in [1.54, 1.807) is 0 Å². The molecule has 1 aliphatic heterocycles. The summed E-state index contributed by atoms with van der Waals surface area (Å²) in [7, 11) is 1.26. The number of H-pyrrole nitrogens is 1. The van der Waals surface area contributed by atoms with Gasteiger partial charge in [-0.05, 0) is 19.3 Å². The summed E-state index contributed by atoms with van der Waals surface area (Å²) in [5, 5.41) is -0.543. The molecule has 10 heteroatoms. The molecule has 0 radical (unpaired) electrons. The highest BCUT2D eigenvalue weighted by molar-refractivity contribution is 5.94. The number of aromatic amines is 1. The second-order valence-corrected chi connectivity index (χ2v) is 6.99. The summed E-state index contributed by atoms with van der Waals surface area (Å²) in [5.74, 6) is -1.30. The van der Waals surface area contributed by atoms with Crippen LogP contribution in [0.1, 0.15) is 37.3 Å². The van der Waals surface area contributed by atoms with Crippen molar-refractivity contribution in [3.63, 3.8) is 0 Å². The molecule has 2 fully saturated rings. The number of fused-ring (bicyclic) bond motifs is 1. The molecule has 1 saturated carbocycles. The normalized spacial score (nSPS) is 20.1. The van der Waals surface area contributed by atoms with Crippen LogP contribution in [0, 0.1) is 5.82 Å². The maximum Gasteiger partial charge on any atom is 0.329 e. The van der Waals surface area contributed by atoms with Crippen molar-refractivity contribution in [3.05, 3.63) is 32.2 Å². The number of anilines is 1. The number of alkyl halides is 2. The quantitative estimate of drug-likeness (QED) is 0.836.